The highest BCUT2D eigenvalue weighted by Gasteiger charge is 2.19. The Balaban J connectivity index is 3.20. The van der Waals surface area contributed by atoms with Crippen LogP contribution in [0.5, 0.6) is 11.5 Å². The fraction of sp³-hybridized carbons (Fsp3) is 0.200. The number of phenols is 2. The number of ether oxygens (including phenoxy) is 1. The van der Waals surface area contributed by atoms with Gasteiger partial charge in [-0.1, -0.05) is 0 Å². The maximum atomic E-state index is 11.3. The number of carboxylic acid groups (broad SMARTS) is 1. The second kappa shape index (κ2) is 4.52. The Hall–Kier alpha value is -2.24. The van der Waals surface area contributed by atoms with Crippen LogP contribution in [0.25, 0.3) is 0 Å². The number of aromatic carboxylic acids is 1. The standard InChI is InChI=1S/C10H10O6/c1-2-16-10(15)6-4-7(11)5(9(13)14)3-8(6)12/h3-4,11-12H,2H2,1H3,(H,13,14). The number of hydrogen-bond acceptors (Lipinski definition) is 5. The van der Waals surface area contributed by atoms with Crippen molar-refractivity contribution in [2.75, 3.05) is 6.61 Å². The lowest BCUT2D eigenvalue weighted by Crippen LogP contribution is -2.06. The van der Waals surface area contributed by atoms with Crippen LogP contribution in [-0.4, -0.2) is 33.9 Å². The van der Waals surface area contributed by atoms with Gasteiger partial charge in [0.2, 0.25) is 0 Å². The molecule has 86 valence electrons. The van der Waals surface area contributed by atoms with E-state index in [1.165, 1.54) is 0 Å². The van der Waals surface area contributed by atoms with Crippen molar-refractivity contribution < 1.29 is 29.6 Å². The SMILES string of the molecule is CCOC(=O)c1cc(O)c(C(=O)O)cc1O. The molecule has 1 aromatic carbocycles. The van der Waals surface area contributed by atoms with Crippen molar-refractivity contribution in [1.82, 2.24) is 0 Å². The highest BCUT2D eigenvalue weighted by Crippen LogP contribution is 2.27. The van der Waals surface area contributed by atoms with E-state index in [0.717, 1.165) is 12.1 Å². The largest absolute Gasteiger partial charge is 0.507 e. The normalized spacial score (nSPS) is 9.81. The molecule has 0 heterocycles. The molecule has 0 unspecified atom stereocenters. The summed E-state index contributed by atoms with van der Waals surface area (Å²) in [6.45, 7) is 1.69. The van der Waals surface area contributed by atoms with Crippen LogP contribution < -0.4 is 0 Å². The van der Waals surface area contributed by atoms with Gasteiger partial charge in [-0.25, -0.2) is 9.59 Å². The first-order chi connectivity index (χ1) is 7.47. The van der Waals surface area contributed by atoms with Crippen molar-refractivity contribution in [3.8, 4) is 11.5 Å². The predicted octanol–water partition coefficient (Wildman–Crippen LogP) is 0.973. The first kappa shape index (κ1) is 11.8. The van der Waals surface area contributed by atoms with Gasteiger partial charge in [-0.3, -0.25) is 0 Å². The van der Waals surface area contributed by atoms with E-state index in [4.69, 9.17) is 5.11 Å². The zero-order valence-corrected chi connectivity index (χ0v) is 8.43. The number of phenolic OH excluding ortho intramolecular Hbond substituents is 1. The number of esters is 1. The van der Waals surface area contributed by atoms with Crippen molar-refractivity contribution in [1.29, 1.82) is 0 Å². The molecule has 0 radical (unpaired) electrons. The molecule has 1 aromatic rings. The lowest BCUT2D eigenvalue weighted by Gasteiger charge is -2.06. The summed E-state index contributed by atoms with van der Waals surface area (Å²) in [6, 6.07) is 1.65. The van der Waals surface area contributed by atoms with Gasteiger partial charge < -0.3 is 20.1 Å². The number of carbonyl (C=O) groups is 2. The molecule has 0 saturated heterocycles. The van der Waals surface area contributed by atoms with Crippen LogP contribution >= 0.6 is 0 Å². The molecule has 3 N–H and O–H groups in total. The van der Waals surface area contributed by atoms with Crippen LogP contribution in [0.1, 0.15) is 27.6 Å². The number of rotatable bonds is 3. The number of hydrogen-bond donors (Lipinski definition) is 3. The van der Waals surface area contributed by atoms with Gasteiger partial charge in [0.05, 0.1) is 6.61 Å². The summed E-state index contributed by atoms with van der Waals surface area (Å²) in [4.78, 5) is 21.9. The summed E-state index contributed by atoms with van der Waals surface area (Å²) in [5, 5.41) is 27.3. The molecule has 0 aromatic heterocycles. The molecular formula is C10H10O6. The lowest BCUT2D eigenvalue weighted by molar-refractivity contribution is 0.0521. The predicted molar refractivity (Wildman–Crippen MR) is 52.7 cm³/mol. The van der Waals surface area contributed by atoms with Crippen LogP contribution in [-0.2, 0) is 4.74 Å². The van der Waals surface area contributed by atoms with E-state index >= 15 is 0 Å². The fourth-order valence-corrected chi connectivity index (χ4v) is 1.12. The highest BCUT2D eigenvalue weighted by molar-refractivity contribution is 5.97. The Labute approximate surface area is 90.7 Å². The quantitative estimate of drug-likeness (QED) is 0.524. The molecule has 0 fully saturated rings. The number of carbonyl (C=O) groups excluding carboxylic acids is 1. The van der Waals surface area contributed by atoms with Crippen molar-refractivity contribution in [3.05, 3.63) is 23.3 Å². The molecule has 0 amide bonds. The van der Waals surface area contributed by atoms with E-state index in [0.29, 0.717) is 0 Å². The van der Waals surface area contributed by atoms with Crippen LogP contribution in [0.3, 0.4) is 0 Å². The summed E-state index contributed by atoms with van der Waals surface area (Å²) in [5.41, 5.74) is -0.755. The summed E-state index contributed by atoms with van der Waals surface area (Å²) in [6.07, 6.45) is 0. The van der Waals surface area contributed by atoms with Gasteiger partial charge in [0, 0.05) is 0 Å². The Kier molecular flexibility index (Phi) is 3.34. The maximum absolute atomic E-state index is 11.3. The molecule has 16 heavy (non-hydrogen) atoms. The minimum atomic E-state index is -1.40. The first-order valence-corrected chi connectivity index (χ1v) is 4.43. The minimum absolute atomic E-state index is 0.111. The van der Waals surface area contributed by atoms with Gasteiger partial charge in [0.1, 0.15) is 22.6 Å². The second-order valence-electron chi connectivity index (χ2n) is 2.91. The average molecular weight is 226 g/mol. The minimum Gasteiger partial charge on any atom is -0.507 e. The van der Waals surface area contributed by atoms with E-state index in [1.807, 2.05) is 0 Å². The van der Waals surface area contributed by atoms with E-state index < -0.39 is 29.0 Å². The third-order valence-corrected chi connectivity index (χ3v) is 1.84. The van der Waals surface area contributed by atoms with Crippen LogP contribution in [0, 0.1) is 0 Å². The van der Waals surface area contributed by atoms with Crippen molar-refractivity contribution in [2.24, 2.45) is 0 Å². The molecule has 6 heteroatoms. The topological polar surface area (TPSA) is 104 Å². The van der Waals surface area contributed by atoms with E-state index in [2.05, 4.69) is 4.74 Å². The molecule has 0 atom stereocenters. The Morgan fingerprint density at radius 3 is 2.19 bits per heavy atom. The molecular weight excluding hydrogens is 216 g/mol. The van der Waals surface area contributed by atoms with Gasteiger partial charge in [0.15, 0.2) is 0 Å². The van der Waals surface area contributed by atoms with Crippen LogP contribution in [0.2, 0.25) is 0 Å². The number of benzene rings is 1. The monoisotopic (exact) mass is 226 g/mol. The van der Waals surface area contributed by atoms with Crippen molar-refractivity contribution in [2.45, 2.75) is 6.92 Å². The van der Waals surface area contributed by atoms with Gasteiger partial charge in [-0.05, 0) is 19.1 Å². The summed E-state index contributed by atoms with van der Waals surface area (Å²) >= 11 is 0. The zero-order chi connectivity index (χ0) is 12.3. The fourth-order valence-electron chi connectivity index (χ4n) is 1.12. The molecule has 1 rings (SSSR count). The summed E-state index contributed by atoms with van der Waals surface area (Å²) in [5.74, 6) is -3.38. The summed E-state index contributed by atoms with van der Waals surface area (Å²) in [7, 11) is 0. The average Bonchev–Trinajstić information content (AvgIpc) is 2.20. The lowest BCUT2D eigenvalue weighted by atomic mass is 10.1. The zero-order valence-electron chi connectivity index (χ0n) is 8.43. The molecule has 0 aliphatic rings. The Morgan fingerprint density at radius 1 is 1.19 bits per heavy atom. The van der Waals surface area contributed by atoms with Crippen LogP contribution in [0.15, 0.2) is 12.1 Å². The smallest absolute Gasteiger partial charge is 0.342 e. The number of aromatic hydroxyl groups is 2. The van der Waals surface area contributed by atoms with E-state index in [-0.39, 0.29) is 12.2 Å². The molecule has 0 aliphatic heterocycles. The van der Waals surface area contributed by atoms with Gasteiger partial charge in [-0.15, -0.1) is 0 Å². The highest BCUT2D eigenvalue weighted by atomic mass is 16.5. The summed E-state index contributed by atoms with van der Waals surface area (Å²) < 4.78 is 4.61. The maximum Gasteiger partial charge on any atom is 0.342 e. The third-order valence-electron chi connectivity index (χ3n) is 1.84. The molecule has 0 bridgehead atoms. The van der Waals surface area contributed by atoms with Crippen molar-refractivity contribution >= 4 is 11.9 Å². The van der Waals surface area contributed by atoms with Crippen molar-refractivity contribution in [3.63, 3.8) is 0 Å². The number of carboxylic acids is 1. The molecule has 0 aliphatic carbocycles. The molecule has 0 saturated carbocycles. The van der Waals surface area contributed by atoms with Gasteiger partial charge in [0.25, 0.3) is 0 Å². The van der Waals surface area contributed by atoms with E-state index in [9.17, 15) is 19.8 Å². The second-order valence-corrected chi connectivity index (χ2v) is 2.91. The van der Waals surface area contributed by atoms with Gasteiger partial charge >= 0.3 is 11.9 Å². The third kappa shape index (κ3) is 2.22. The Morgan fingerprint density at radius 2 is 1.69 bits per heavy atom. The molecule has 6 nitrogen and oxygen atoms in total. The van der Waals surface area contributed by atoms with Gasteiger partial charge in [-0.2, -0.15) is 0 Å². The molecule has 0 spiro atoms. The van der Waals surface area contributed by atoms with E-state index in [1.54, 1.807) is 6.92 Å². The first-order valence-electron chi connectivity index (χ1n) is 4.43. The van der Waals surface area contributed by atoms with Crippen LogP contribution in [0.4, 0.5) is 0 Å². The Bertz CT molecular complexity index is 437.